The topological polar surface area (TPSA) is 71.8 Å². The van der Waals surface area contributed by atoms with Gasteiger partial charge in [-0.05, 0) is 24.3 Å². The van der Waals surface area contributed by atoms with Crippen molar-refractivity contribution in [2.45, 2.75) is 17.5 Å². The maximum Gasteiger partial charge on any atom is 0.240 e. The molecule has 2 fully saturated rings. The minimum Gasteiger partial charge on any atom is -0.468 e. The normalized spacial score (nSPS) is 26.8. The third-order valence-electron chi connectivity index (χ3n) is 5.06. The van der Waals surface area contributed by atoms with Crippen molar-refractivity contribution in [1.82, 2.24) is 9.62 Å². The molecular formula is C18H22N2O4S. The predicted molar refractivity (Wildman–Crippen MR) is 92.3 cm³/mol. The average Bonchev–Trinajstić information content (AvgIpc) is 3.32. The van der Waals surface area contributed by atoms with Gasteiger partial charge in [0.15, 0.2) is 0 Å². The van der Waals surface area contributed by atoms with E-state index in [-0.39, 0.29) is 12.0 Å². The summed E-state index contributed by atoms with van der Waals surface area (Å²) in [4.78, 5) is 2.61. The van der Waals surface area contributed by atoms with Gasteiger partial charge in [-0.1, -0.05) is 18.2 Å². The summed E-state index contributed by atoms with van der Waals surface area (Å²) in [5.41, 5.74) is 0. The molecule has 2 aliphatic rings. The Morgan fingerprint density at radius 1 is 1.12 bits per heavy atom. The summed E-state index contributed by atoms with van der Waals surface area (Å²) in [6, 6.07) is 12.3. The molecule has 1 aromatic carbocycles. The summed E-state index contributed by atoms with van der Waals surface area (Å²) in [5.74, 6) is 1.50. The van der Waals surface area contributed by atoms with Gasteiger partial charge in [-0.15, -0.1) is 0 Å². The van der Waals surface area contributed by atoms with E-state index in [2.05, 4.69) is 9.62 Å². The number of fused-ring (bicyclic) bond motifs is 1. The lowest BCUT2D eigenvalue weighted by Crippen LogP contribution is -2.34. The Kier molecular flexibility index (Phi) is 4.64. The van der Waals surface area contributed by atoms with Crippen LogP contribution < -0.4 is 4.72 Å². The van der Waals surface area contributed by atoms with Crippen molar-refractivity contribution < 1.29 is 17.6 Å². The van der Waals surface area contributed by atoms with E-state index in [0.717, 1.165) is 25.4 Å². The SMILES string of the molecule is O=S(=O)(NC[C@@H]1CO[C@@H]2CN(Cc3ccco3)C[C@H]12)c1ccccc1. The zero-order valence-corrected chi connectivity index (χ0v) is 14.7. The minimum absolute atomic E-state index is 0.182. The van der Waals surface area contributed by atoms with Gasteiger partial charge in [0.05, 0.1) is 30.4 Å². The highest BCUT2D eigenvalue weighted by Crippen LogP contribution is 2.34. The van der Waals surface area contributed by atoms with Crippen LogP contribution in [0.15, 0.2) is 58.0 Å². The number of hydrogen-bond donors (Lipinski definition) is 1. The highest BCUT2D eigenvalue weighted by molar-refractivity contribution is 7.89. The van der Waals surface area contributed by atoms with Crippen LogP contribution in [-0.2, 0) is 21.3 Å². The lowest BCUT2D eigenvalue weighted by molar-refractivity contribution is 0.0931. The van der Waals surface area contributed by atoms with Gasteiger partial charge in [0.25, 0.3) is 0 Å². The quantitative estimate of drug-likeness (QED) is 0.847. The molecule has 0 saturated carbocycles. The summed E-state index contributed by atoms with van der Waals surface area (Å²) in [7, 11) is -3.47. The number of rotatable bonds is 6. The van der Waals surface area contributed by atoms with Gasteiger partial charge in [0.2, 0.25) is 10.0 Å². The van der Waals surface area contributed by atoms with Crippen LogP contribution in [0.2, 0.25) is 0 Å². The molecule has 2 aliphatic heterocycles. The second-order valence-corrected chi connectivity index (χ2v) is 8.50. The Labute approximate surface area is 147 Å². The van der Waals surface area contributed by atoms with E-state index in [9.17, 15) is 8.42 Å². The number of nitrogens with zero attached hydrogens (tertiary/aromatic N) is 1. The van der Waals surface area contributed by atoms with Gasteiger partial charge in [0, 0.05) is 31.5 Å². The Hall–Kier alpha value is -1.67. The Morgan fingerprint density at radius 3 is 2.72 bits per heavy atom. The molecule has 1 aromatic heterocycles. The van der Waals surface area contributed by atoms with Crippen LogP contribution in [0.1, 0.15) is 5.76 Å². The molecule has 3 atom stereocenters. The maximum atomic E-state index is 12.4. The van der Waals surface area contributed by atoms with Gasteiger partial charge in [-0.3, -0.25) is 4.90 Å². The van der Waals surface area contributed by atoms with Crippen molar-refractivity contribution in [3.05, 3.63) is 54.5 Å². The first-order valence-corrected chi connectivity index (χ1v) is 10.0. The molecule has 0 bridgehead atoms. The molecule has 2 aromatic rings. The maximum absolute atomic E-state index is 12.4. The Morgan fingerprint density at radius 2 is 1.96 bits per heavy atom. The van der Waals surface area contributed by atoms with E-state index >= 15 is 0 Å². The molecule has 134 valence electrons. The summed E-state index contributed by atoms with van der Waals surface area (Å²) in [6.45, 7) is 3.57. The molecule has 2 saturated heterocycles. The average molecular weight is 362 g/mol. The van der Waals surface area contributed by atoms with Crippen molar-refractivity contribution >= 4 is 10.0 Å². The van der Waals surface area contributed by atoms with Crippen LogP contribution in [0, 0.1) is 11.8 Å². The second-order valence-electron chi connectivity index (χ2n) is 6.73. The number of furan rings is 1. The summed E-state index contributed by atoms with van der Waals surface area (Å²) < 4.78 is 38.8. The zero-order valence-electron chi connectivity index (χ0n) is 13.9. The highest BCUT2D eigenvalue weighted by atomic mass is 32.2. The monoisotopic (exact) mass is 362 g/mol. The third kappa shape index (κ3) is 3.64. The smallest absolute Gasteiger partial charge is 0.240 e. The van der Waals surface area contributed by atoms with E-state index in [1.807, 2.05) is 12.1 Å². The predicted octanol–water partition coefficient (Wildman–Crippen LogP) is 1.70. The molecule has 1 N–H and O–H groups in total. The van der Waals surface area contributed by atoms with Crippen LogP contribution in [0.5, 0.6) is 0 Å². The van der Waals surface area contributed by atoms with E-state index < -0.39 is 10.0 Å². The van der Waals surface area contributed by atoms with E-state index in [1.165, 1.54) is 0 Å². The molecule has 0 spiro atoms. The van der Waals surface area contributed by atoms with Crippen molar-refractivity contribution in [2.24, 2.45) is 11.8 Å². The summed E-state index contributed by atoms with van der Waals surface area (Å²) >= 11 is 0. The third-order valence-corrected chi connectivity index (χ3v) is 6.50. The molecule has 25 heavy (non-hydrogen) atoms. The lowest BCUT2D eigenvalue weighted by Gasteiger charge is -2.19. The number of hydrogen-bond acceptors (Lipinski definition) is 5. The van der Waals surface area contributed by atoms with Gasteiger partial charge >= 0.3 is 0 Å². The largest absolute Gasteiger partial charge is 0.468 e. The van der Waals surface area contributed by atoms with E-state index in [4.69, 9.17) is 9.15 Å². The van der Waals surface area contributed by atoms with Crippen molar-refractivity contribution in [2.75, 3.05) is 26.2 Å². The molecule has 7 heteroatoms. The molecule has 0 aliphatic carbocycles. The van der Waals surface area contributed by atoms with Gasteiger partial charge in [0.1, 0.15) is 5.76 Å². The number of sulfonamides is 1. The number of likely N-dealkylation sites (tertiary alicyclic amines) is 1. The van der Waals surface area contributed by atoms with Gasteiger partial charge in [-0.2, -0.15) is 0 Å². The molecule has 3 heterocycles. The Balaban J connectivity index is 1.35. The molecule has 0 radical (unpaired) electrons. The van der Waals surface area contributed by atoms with Crippen molar-refractivity contribution in [3.8, 4) is 0 Å². The number of nitrogens with one attached hydrogen (secondary N) is 1. The van der Waals surface area contributed by atoms with Crippen LogP contribution >= 0.6 is 0 Å². The first-order valence-electron chi connectivity index (χ1n) is 8.53. The minimum atomic E-state index is -3.47. The zero-order chi connectivity index (χ0) is 17.3. The number of ether oxygens (including phenoxy) is 1. The van der Waals surface area contributed by atoms with Gasteiger partial charge < -0.3 is 9.15 Å². The van der Waals surface area contributed by atoms with E-state index in [0.29, 0.717) is 24.0 Å². The Bertz CT molecular complexity index is 792. The fraction of sp³-hybridized carbons (Fsp3) is 0.444. The standard InChI is InChI=1S/C18H22N2O4S/c21-25(22,16-6-2-1-3-7-16)19-9-14-13-24-18-12-20(11-17(14)18)10-15-5-4-8-23-15/h1-8,14,17-19H,9-13H2/t14-,17-,18-/m1/s1. The summed E-state index contributed by atoms with van der Waals surface area (Å²) in [6.07, 6.45) is 1.87. The van der Waals surface area contributed by atoms with Gasteiger partial charge in [-0.25, -0.2) is 13.1 Å². The number of benzene rings is 1. The van der Waals surface area contributed by atoms with Crippen LogP contribution in [0.4, 0.5) is 0 Å². The van der Waals surface area contributed by atoms with Crippen LogP contribution in [0.25, 0.3) is 0 Å². The molecule has 0 unspecified atom stereocenters. The molecule has 4 rings (SSSR count). The van der Waals surface area contributed by atoms with E-state index in [1.54, 1.807) is 36.6 Å². The highest BCUT2D eigenvalue weighted by Gasteiger charge is 2.44. The summed E-state index contributed by atoms with van der Waals surface area (Å²) in [5, 5.41) is 0. The molecule has 6 nitrogen and oxygen atoms in total. The van der Waals surface area contributed by atoms with Crippen molar-refractivity contribution in [1.29, 1.82) is 0 Å². The fourth-order valence-electron chi connectivity index (χ4n) is 3.74. The fourth-order valence-corrected chi connectivity index (χ4v) is 4.86. The van der Waals surface area contributed by atoms with Crippen LogP contribution in [-0.4, -0.2) is 45.7 Å². The first kappa shape index (κ1) is 16.8. The lowest BCUT2D eigenvalue weighted by atomic mass is 9.93. The molecule has 0 amide bonds. The first-order chi connectivity index (χ1) is 12.1. The van der Waals surface area contributed by atoms with Crippen LogP contribution in [0.3, 0.4) is 0 Å². The van der Waals surface area contributed by atoms with Crippen molar-refractivity contribution in [3.63, 3.8) is 0 Å². The molecular weight excluding hydrogens is 340 g/mol. The second kappa shape index (κ2) is 6.92.